The van der Waals surface area contributed by atoms with Crippen molar-refractivity contribution in [2.24, 2.45) is 11.7 Å². The molecule has 0 saturated carbocycles. The van der Waals surface area contributed by atoms with Crippen molar-refractivity contribution >= 4 is 30.6 Å². The number of hydrogen-bond acceptors (Lipinski definition) is 2. The predicted molar refractivity (Wildman–Crippen MR) is 52.0 cm³/mol. The molecule has 1 rings (SSSR count). The molecular weight excluding hydrogens is 185 g/mol. The predicted octanol–water partition coefficient (Wildman–Crippen LogP) is 0.766. The molecule has 0 spiro atoms. The van der Waals surface area contributed by atoms with E-state index >= 15 is 0 Å². The van der Waals surface area contributed by atoms with E-state index in [-0.39, 0.29) is 24.8 Å². The smallest absolute Gasteiger partial charge is 0.0937 e. The molecule has 1 aliphatic heterocycles. The van der Waals surface area contributed by atoms with Gasteiger partial charge in [-0.25, -0.2) is 0 Å². The highest BCUT2D eigenvalue weighted by Gasteiger charge is 2.14. The summed E-state index contributed by atoms with van der Waals surface area (Å²) in [6.07, 6.45) is 2.07. The van der Waals surface area contributed by atoms with Gasteiger partial charge < -0.3 is 11.1 Å². The topological polar surface area (TPSA) is 61.9 Å². The fourth-order valence-corrected chi connectivity index (χ4v) is 1.13. The second-order valence-electron chi connectivity index (χ2n) is 2.48. The molecule has 0 radical (unpaired) electrons. The zero-order valence-electron chi connectivity index (χ0n) is 6.30. The molecule has 68 valence electrons. The minimum atomic E-state index is 0. The van der Waals surface area contributed by atoms with Gasteiger partial charge in [0, 0.05) is 5.92 Å². The van der Waals surface area contributed by atoms with Crippen LogP contribution in [0.1, 0.15) is 12.8 Å². The fourth-order valence-electron chi connectivity index (χ4n) is 1.13. The van der Waals surface area contributed by atoms with Gasteiger partial charge in [-0.2, -0.15) is 0 Å². The van der Waals surface area contributed by atoms with Crippen molar-refractivity contribution in [2.75, 3.05) is 13.1 Å². The van der Waals surface area contributed by atoms with E-state index in [1.807, 2.05) is 0 Å². The third-order valence-electron chi connectivity index (χ3n) is 1.78. The van der Waals surface area contributed by atoms with E-state index in [9.17, 15) is 0 Å². The van der Waals surface area contributed by atoms with Gasteiger partial charge in [0.2, 0.25) is 0 Å². The lowest BCUT2D eigenvalue weighted by atomic mass is 9.97. The lowest BCUT2D eigenvalue weighted by Crippen LogP contribution is -2.34. The van der Waals surface area contributed by atoms with E-state index in [4.69, 9.17) is 11.1 Å². The molecule has 1 heterocycles. The zero-order chi connectivity index (χ0) is 6.69. The number of halogens is 2. The van der Waals surface area contributed by atoms with Gasteiger partial charge in [-0.1, -0.05) is 0 Å². The van der Waals surface area contributed by atoms with Crippen molar-refractivity contribution in [1.29, 1.82) is 5.41 Å². The molecule has 11 heavy (non-hydrogen) atoms. The second kappa shape index (κ2) is 6.70. The number of amidine groups is 1. The van der Waals surface area contributed by atoms with E-state index in [1.54, 1.807) is 0 Å². The third kappa shape index (κ3) is 4.45. The Morgan fingerprint density at radius 1 is 1.27 bits per heavy atom. The first-order valence-electron chi connectivity index (χ1n) is 3.35. The van der Waals surface area contributed by atoms with Crippen LogP contribution in [-0.4, -0.2) is 18.9 Å². The monoisotopic (exact) mass is 199 g/mol. The maximum atomic E-state index is 7.14. The van der Waals surface area contributed by atoms with Crippen LogP contribution in [0, 0.1) is 11.3 Å². The number of piperidine rings is 1. The Kier molecular flexibility index (Phi) is 8.28. The minimum Gasteiger partial charge on any atom is -0.387 e. The van der Waals surface area contributed by atoms with Gasteiger partial charge >= 0.3 is 0 Å². The summed E-state index contributed by atoms with van der Waals surface area (Å²) < 4.78 is 0. The molecule has 1 saturated heterocycles. The number of nitrogens with two attached hydrogens (primary N) is 1. The van der Waals surface area contributed by atoms with Gasteiger partial charge in [0.05, 0.1) is 5.84 Å². The lowest BCUT2D eigenvalue weighted by Gasteiger charge is -2.20. The second-order valence-corrected chi connectivity index (χ2v) is 2.48. The normalized spacial score (nSPS) is 17.8. The summed E-state index contributed by atoms with van der Waals surface area (Å²) in [6.45, 7) is 2.04. The summed E-state index contributed by atoms with van der Waals surface area (Å²) >= 11 is 0. The molecule has 3 nitrogen and oxygen atoms in total. The number of nitrogens with one attached hydrogen (secondary N) is 2. The van der Waals surface area contributed by atoms with Crippen molar-refractivity contribution in [2.45, 2.75) is 12.8 Å². The van der Waals surface area contributed by atoms with Gasteiger partial charge in [-0.3, -0.25) is 5.41 Å². The molecule has 0 aromatic carbocycles. The van der Waals surface area contributed by atoms with Crippen LogP contribution in [0.2, 0.25) is 0 Å². The maximum Gasteiger partial charge on any atom is 0.0937 e. The van der Waals surface area contributed by atoms with Crippen molar-refractivity contribution < 1.29 is 0 Å². The first-order valence-corrected chi connectivity index (χ1v) is 3.35. The highest BCUT2D eigenvalue weighted by molar-refractivity contribution is 5.85. The largest absolute Gasteiger partial charge is 0.387 e. The summed E-state index contributed by atoms with van der Waals surface area (Å²) in [5, 5.41) is 10.4. The zero-order valence-corrected chi connectivity index (χ0v) is 7.93. The molecule has 1 aliphatic rings. The average molecular weight is 200 g/mol. The Balaban J connectivity index is 0. The molecule has 0 bridgehead atoms. The quantitative estimate of drug-likeness (QED) is 0.432. The minimum absolute atomic E-state index is 0. The standard InChI is InChI=1S/C6H13N3.2ClH/c7-6(8)5-1-3-9-4-2-5;;/h5,9H,1-4H2,(H3,7,8);2*1H. The summed E-state index contributed by atoms with van der Waals surface area (Å²) in [5.41, 5.74) is 5.32. The molecule has 0 aromatic heterocycles. The summed E-state index contributed by atoms with van der Waals surface area (Å²) in [7, 11) is 0. The van der Waals surface area contributed by atoms with Crippen LogP contribution < -0.4 is 11.1 Å². The Bertz CT molecular complexity index is 112. The molecule has 0 aliphatic carbocycles. The van der Waals surface area contributed by atoms with E-state index in [2.05, 4.69) is 5.32 Å². The van der Waals surface area contributed by atoms with E-state index in [0.717, 1.165) is 25.9 Å². The maximum absolute atomic E-state index is 7.14. The van der Waals surface area contributed by atoms with Gasteiger partial charge in [-0.15, -0.1) is 24.8 Å². The highest BCUT2D eigenvalue weighted by atomic mass is 35.5. The molecule has 4 N–H and O–H groups in total. The lowest BCUT2D eigenvalue weighted by molar-refractivity contribution is 0.453. The molecular formula is C6H15Cl2N3. The Labute approximate surface area is 79.4 Å². The Hall–Kier alpha value is 0.01000. The molecule has 0 atom stereocenters. The molecule has 1 fully saturated rings. The van der Waals surface area contributed by atoms with Crippen LogP contribution in [0.5, 0.6) is 0 Å². The van der Waals surface area contributed by atoms with Crippen molar-refractivity contribution in [1.82, 2.24) is 5.32 Å². The molecule has 5 heteroatoms. The van der Waals surface area contributed by atoms with Gasteiger partial charge in [0.1, 0.15) is 0 Å². The van der Waals surface area contributed by atoms with Crippen molar-refractivity contribution in [3.05, 3.63) is 0 Å². The van der Waals surface area contributed by atoms with Crippen LogP contribution in [0.25, 0.3) is 0 Å². The SMILES string of the molecule is Cl.Cl.N=C(N)C1CCNCC1. The van der Waals surface area contributed by atoms with Crippen LogP contribution in [0.15, 0.2) is 0 Å². The molecule has 0 amide bonds. The first kappa shape index (κ1) is 13.6. The number of hydrogen-bond donors (Lipinski definition) is 3. The Morgan fingerprint density at radius 2 is 1.73 bits per heavy atom. The van der Waals surface area contributed by atoms with E-state index < -0.39 is 0 Å². The number of rotatable bonds is 1. The van der Waals surface area contributed by atoms with Crippen LogP contribution >= 0.6 is 24.8 Å². The Morgan fingerprint density at radius 3 is 2.00 bits per heavy atom. The van der Waals surface area contributed by atoms with E-state index in [0.29, 0.717) is 11.8 Å². The van der Waals surface area contributed by atoms with Gasteiger partial charge in [0.25, 0.3) is 0 Å². The molecule has 0 unspecified atom stereocenters. The summed E-state index contributed by atoms with van der Waals surface area (Å²) in [6, 6.07) is 0. The summed E-state index contributed by atoms with van der Waals surface area (Å²) in [4.78, 5) is 0. The van der Waals surface area contributed by atoms with Gasteiger partial charge in [-0.05, 0) is 25.9 Å². The van der Waals surface area contributed by atoms with Crippen LogP contribution in [0.4, 0.5) is 0 Å². The molecule has 0 aromatic rings. The third-order valence-corrected chi connectivity index (χ3v) is 1.78. The highest BCUT2D eigenvalue weighted by Crippen LogP contribution is 2.09. The van der Waals surface area contributed by atoms with Gasteiger partial charge in [0.15, 0.2) is 0 Å². The van der Waals surface area contributed by atoms with Crippen molar-refractivity contribution in [3.8, 4) is 0 Å². The van der Waals surface area contributed by atoms with Crippen molar-refractivity contribution in [3.63, 3.8) is 0 Å². The van der Waals surface area contributed by atoms with E-state index in [1.165, 1.54) is 0 Å². The average Bonchev–Trinajstić information content (AvgIpc) is 1.90. The fraction of sp³-hybridized carbons (Fsp3) is 0.833. The van der Waals surface area contributed by atoms with Crippen LogP contribution in [0.3, 0.4) is 0 Å². The first-order chi connectivity index (χ1) is 4.30. The van der Waals surface area contributed by atoms with Crippen LogP contribution in [-0.2, 0) is 0 Å². The summed E-state index contributed by atoms with van der Waals surface area (Å²) in [5.74, 6) is 0.711.